The highest BCUT2D eigenvalue weighted by molar-refractivity contribution is 6.79. The van der Waals surface area contributed by atoms with Crippen molar-refractivity contribution < 1.29 is 8.54 Å². The molecule has 0 aromatic heterocycles. The molecule has 1 saturated carbocycles. The summed E-state index contributed by atoms with van der Waals surface area (Å²) >= 11 is 0. The Hall–Kier alpha value is 0.788. The van der Waals surface area contributed by atoms with E-state index in [4.69, 9.17) is 8.54 Å². The summed E-state index contributed by atoms with van der Waals surface area (Å²) in [5.41, 5.74) is 1.78. The van der Waals surface area contributed by atoms with Crippen molar-refractivity contribution in [2.45, 2.75) is 103 Å². The molecule has 0 saturated heterocycles. The summed E-state index contributed by atoms with van der Waals surface area (Å²) in [7, 11) is -3.54. The second-order valence-electron chi connectivity index (χ2n) is 10.6. The van der Waals surface area contributed by atoms with Crippen LogP contribution in [-0.2, 0) is 8.54 Å². The Bertz CT molecular complexity index is 401. The maximum atomic E-state index is 6.45. The van der Waals surface area contributed by atoms with E-state index in [1.165, 1.54) is 25.7 Å². The molecule has 0 aromatic carbocycles. The van der Waals surface area contributed by atoms with Crippen LogP contribution in [0.1, 0.15) is 32.6 Å². The predicted octanol–water partition coefficient (Wildman–Crippen LogP) is 6.63. The highest BCUT2D eigenvalue weighted by Gasteiger charge is 2.57. The minimum absolute atomic E-state index is 0.653. The summed E-state index contributed by atoms with van der Waals surface area (Å²) < 4.78 is 12.7. The first-order valence-corrected chi connectivity index (χ1v) is 21.7. The number of hydrogen-bond acceptors (Lipinski definition) is 2. The molecule has 6 heteroatoms. The van der Waals surface area contributed by atoms with E-state index in [0.29, 0.717) is 9.76 Å². The second-order valence-corrected chi connectivity index (χ2v) is 25.7. The van der Waals surface area contributed by atoms with Gasteiger partial charge >= 0.3 is 0 Å². The summed E-state index contributed by atoms with van der Waals surface area (Å²) in [6, 6.07) is 0. The lowest BCUT2D eigenvalue weighted by Gasteiger charge is -2.39. The third kappa shape index (κ3) is 7.74. The van der Waals surface area contributed by atoms with Crippen molar-refractivity contribution in [3.63, 3.8) is 0 Å². The van der Waals surface area contributed by atoms with Gasteiger partial charge in [-0.05, 0) is 75.0 Å². The van der Waals surface area contributed by atoms with E-state index in [1.807, 2.05) is 0 Å². The van der Waals surface area contributed by atoms with E-state index in [0.717, 1.165) is 29.5 Å². The Balaban J connectivity index is 2.94. The van der Waals surface area contributed by atoms with Crippen LogP contribution in [-0.4, -0.2) is 41.1 Å². The first-order chi connectivity index (χ1) is 11.3. The van der Waals surface area contributed by atoms with Crippen molar-refractivity contribution in [1.82, 2.24) is 0 Å². The Labute approximate surface area is 164 Å². The van der Waals surface area contributed by atoms with Gasteiger partial charge in [-0.2, -0.15) is 0 Å². The molecule has 0 bridgehead atoms. The topological polar surface area (TPSA) is 18.5 Å². The largest absolute Gasteiger partial charge is 0.456 e. The van der Waals surface area contributed by atoms with Crippen LogP contribution in [0.4, 0.5) is 0 Å². The van der Waals surface area contributed by atoms with Crippen molar-refractivity contribution in [3.05, 3.63) is 0 Å². The maximum Gasteiger partial charge on any atom is 0.211 e. The van der Waals surface area contributed by atoms with Crippen molar-refractivity contribution in [2.24, 2.45) is 11.8 Å². The molecule has 4 unspecified atom stereocenters. The third-order valence-corrected chi connectivity index (χ3v) is 15.0. The lowest BCUT2D eigenvalue weighted by atomic mass is 9.96. The van der Waals surface area contributed by atoms with Gasteiger partial charge in [-0.1, -0.05) is 39.4 Å². The zero-order valence-corrected chi connectivity index (χ0v) is 22.7. The van der Waals surface area contributed by atoms with Gasteiger partial charge in [0.05, 0.1) is 0 Å². The van der Waals surface area contributed by atoms with E-state index in [2.05, 4.69) is 65.8 Å². The van der Waals surface area contributed by atoms with Crippen molar-refractivity contribution in [2.75, 3.05) is 6.61 Å². The number of rotatable bonds is 12. The zero-order valence-electron chi connectivity index (χ0n) is 18.7. The van der Waals surface area contributed by atoms with E-state index >= 15 is 0 Å². The van der Waals surface area contributed by atoms with Crippen molar-refractivity contribution in [3.8, 4) is 0 Å². The van der Waals surface area contributed by atoms with E-state index in [-0.39, 0.29) is 0 Å². The number of unbranched alkanes of at least 4 members (excludes halogenated alkanes) is 1. The molecule has 1 rings (SSSR count). The normalized spacial score (nSPS) is 24.2. The average molecular weight is 417 g/mol. The molecular weight excluding hydrogens is 373 g/mol. The Kier molecular flexibility index (Phi) is 8.89. The molecule has 1 aliphatic carbocycles. The maximum absolute atomic E-state index is 6.45. The summed E-state index contributed by atoms with van der Waals surface area (Å²) in [4.78, 5) is 0. The van der Waals surface area contributed by atoms with Gasteiger partial charge in [0.15, 0.2) is 16.6 Å². The van der Waals surface area contributed by atoms with Gasteiger partial charge in [-0.15, -0.1) is 0 Å². The van der Waals surface area contributed by atoms with Crippen LogP contribution in [0.15, 0.2) is 0 Å². The monoisotopic (exact) mass is 416 g/mol. The molecule has 0 N–H and O–H groups in total. The van der Waals surface area contributed by atoms with Gasteiger partial charge in [0, 0.05) is 14.7 Å². The van der Waals surface area contributed by atoms with Gasteiger partial charge in [0.1, 0.15) is 0 Å². The number of hydrogen-bond donors (Lipinski definition) is 0. The summed E-state index contributed by atoms with van der Waals surface area (Å²) in [5.74, 6) is 1.68. The summed E-state index contributed by atoms with van der Waals surface area (Å²) in [6.45, 7) is 25.2. The first kappa shape index (κ1) is 23.8. The molecule has 0 aromatic rings. The molecule has 4 atom stereocenters. The lowest BCUT2D eigenvalue weighted by Crippen LogP contribution is -2.41. The molecule has 148 valence electrons. The van der Waals surface area contributed by atoms with E-state index in [1.54, 1.807) is 0 Å². The van der Waals surface area contributed by atoms with E-state index in [9.17, 15) is 0 Å². The molecule has 1 aliphatic rings. The molecule has 0 amide bonds. The average Bonchev–Trinajstić information content (AvgIpc) is 3.20. The zero-order chi connectivity index (χ0) is 19.5. The molecular formula is C19H44O2Si4. The SMILES string of the molecule is CCCCC(CO[Si](C)(C)C)C(C1CC1[Si](C)(C)O[Si]C)[Si](C)(C)C. The molecule has 2 nitrogen and oxygen atoms in total. The Morgan fingerprint density at radius 2 is 1.64 bits per heavy atom. The highest BCUT2D eigenvalue weighted by Crippen LogP contribution is 2.62. The van der Waals surface area contributed by atoms with E-state index < -0.39 is 24.7 Å². The van der Waals surface area contributed by atoms with Crippen LogP contribution in [0, 0.1) is 11.8 Å². The van der Waals surface area contributed by atoms with Crippen molar-refractivity contribution in [1.29, 1.82) is 0 Å². The summed E-state index contributed by atoms with van der Waals surface area (Å²) in [6.07, 6.45) is 5.44. The third-order valence-electron chi connectivity index (χ3n) is 5.73. The fraction of sp³-hybridized carbons (Fsp3) is 1.00. The first-order valence-electron chi connectivity index (χ1n) is 10.3. The van der Waals surface area contributed by atoms with Gasteiger partial charge in [-0.3, -0.25) is 0 Å². The highest BCUT2D eigenvalue weighted by atomic mass is 28.4. The second kappa shape index (κ2) is 9.32. The molecule has 1 fully saturated rings. The fourth-order valence-corrected chi connectivity index (χ4v) is 13.7. The summed E-state index contributed by atoms with van der Waals surface area (Å²) in [5, 5.41) is 0. The molecule has 25 heavy (non-hydrogen) atoms. The van der Waals surface area contributed by atoms with Gasteiger partial charge in [0.2, 0.25) is 9.76 Å². The standard InChI is InChI=1S/C19H44O2Si4/c1-11-12-13-16(15-20-24(6,7)8)19(23(3,4)5)17-14-18(17)25(9,10)21-22-2/h16-19H,11-15H2,1-10H3. The predicted molar refractivity (Wildman–Crippen MR) is 121 cm³/mol. The van der Waals surface area contributed by atoms with Gasteiger partial charge in [0.25, 0.3) is 0 Å². The van der Waals surface area contributed by atoms with Gasteiger partial charge < -0.3 is 8.54 Å². The van der Waals surface area contributed by atoms with Gasteiger partial charge in [-0.25, -0.2) is 0 Å². The van der Waals surface area contributed by atoms with Crippen molar-refractivity contribution >= 4 is 34.5 Å². The lowest BCUT2D eigenvalue weighted by molar-refractivity contribution is 0.214. The smallest absolute Gasteiger partial charge is 0.211 e. The molecule has 0 heterocycles. The molecule has 0 aliphatic heterocycles. The Morgan fingerprint density at radius 3 is 2.08 bits per heavy atom. The van der Waals surface area contributed by atoms with Crippen LogP contribution < -0.4 is 0 Å². The minimum Gasteiger partial charge on any atom is -0.456 e. The fourth-order valence-electron chi connectivity index (χ4n) is 4.64. The quantitative estimate of drug-likeness (QED) is 0.332. The molecule has 0 spiro atoms. The van der Waals surface area contributed by atoms with Crippen LogP contribution >= 0.6 is 0 Å². The van der Waals surface area contributed by atoms with Crippen LogP contribution in [0.3, 0.4) is 0 Å². The van der Waals surface area contributed by atoms with Crippen LogP contribution in [0.25, 0.3) is 0 Å². The Morgan fingerprint density at radius 1 is 1.04 bits per heavy atom. The van der Waals surface area contributed by atoms with Crippen LogP contribution in [0.2, 0.25) is 70.0 Å². The minimum atomic E-state index is -1.51. The molecule has 2 radical (unpaired) electrons. The van der Waals surface area contributed by atoms with Crippen LogP contribution in [0.5, 0.6) is 0 Å².